The number of aromatic nitrogens is 2. The summed E-state index contributed by atoms with van der Waals surface area (Å²) >= 11 is 12.9. The molecule has 2 aromatic rings. The molecule has 1 aromatic carbocycles. The second-order valence-electron chi connectivity index (χ2n) is 6.99. The molecule has 1 aliphatic heterocycles. The Kier molecular flexibility index (Phi) is 6.72. The Bertz CT molecular complexity index is 827. The van der Waals surface area contributed by atoms with Gasteiger partial charge >= 0.3 is 6.03 Å². The minimum Gasteiger partial charge on any atom is -0.325 e. The van der Waals surface area contributed by atoms with Crippen molar-refractivity contribution < 1.29 is 4.79 Å². The molecule has 150 valence electrons. The summed E-state index contributed by atoms with van der Waals surface area (Å²) in [5.41, 5.74) is 8.02. The molecule has 3 rings (SSSR count). The summed E-state index contributed by atoms with van der Waals surface area (Å²) in [6.45, 7) is 1.94. The zero-order valence-electron chi connectivity index (χ0n) is 15.9. The Morgan fingerprint density at radius 1 is 1.29 bits per heavy atom. The van der Waals surface area contributed by atoms with Crippen LogP contribution in [0.3, 0.4) is 0 Å². The van der Waals surface area contributed by atoms with E-state index in [-0.39, 0.29) is 12.1 Å². The van der Waals surface area contributed by atoms with Crippen LogP contribution in [0.15, 0.2) is 30.7 Å². The topological polar surface area (TPSA) is 87.4 Å². The number of nitrogens with zero attached hydrogens (tertiary/aromatic N) is 4. The number of carbonyl (C=O) groups is 1. The van der Waals surface area contributed by atoms with Gasteiger partial charge in [-0.2, -0.15) is 0 Å². The molecule has 0 aliphatic carbocycles. The zero-order chi connectivity index (χ0) is 20.3. The average molecular weight is 423 g/mol. The first-order valence-corrected chi connectivity index (χ1v) is 9.85. The lowest BCUT2D eigenvalue weighted by atomic mass is 10.0. The van der Waals surface area contributed by atoms with Gasteiger partial charge in [0.15, 0.2) is 0 Å². The quantitative estimate of drug-likeness (QED) is 0.738. The molecule has 0 saturated carbocycles. The Morgan fingerprint density at radius 2 is 2.00 bits per heavy atom. The van der Waals surface area contributed by atoms with E-state index >= 15 is 0 Å². The third-order valence-corrected chi connectivity index (χ3v) is 6.02. The number of rotatable bonds is 4. The van der Waals surface area contributed by atoms with E-state index < -0.39 is 6.17 Å². The van der Waals surface area contributed by atoms with Crippen molar-refractivity contribution in [1.82, 2.24) is 25.1 Å². The first-order chi connectivity index (χ1) is 13.4. The van der Waals surface area contributed by atoms with E-state index in [9.17, 15) is 4.79 Å². The summed E-state index contributed by atoms with van der Waals surface area (Å²) in [5, 5.41) is 3.43. The van der Waals surface area contributed by atoms with Crippen molar-refractivity contribution in [1.29, 1.82) is 0 Å². The Hall–Kier alpha value is -1.93. The summed E-state index contributed by atoms with van der Waals surface area (Å²) < 4.78 is 0. The van der Waals surface area contributed by atoms with Gasteiger partial charge in [0.25, 0.3) is 0 Å². The second kappa shape index (κ2) is 9.05. The number of nitrogens with one attached hydrogen (secondary N) is 1. The van der Waals surface area contributed by atoms with Crippen LogP contribution in [0.4, 0.5) is 4.79 Å². The van der Waals surface area contributed by atoms with Crippen molar-refractivity contribution in [3.05, 3.63) is 46.3 Å². The maximum absolute atomic E-state index is 12.6. The molecule has 0 spiro atoms. The van der Waals surface area contributed by atoms with Gasteiger partial charge in [0, 0.05) is 36.6 Å². The predicted molar refractivity (Wildman–Crippen MR) is 111 cm³/mol. The molecule has 1 atom stereocenters. The van der Waals surface area contributed by atoms with Crippen LogP contribution in [0.5, 0.6) is 0 Å². The summed E-state index contributed by atoms with van der Waals surface area (Å²) in [5.74, 6) is 0. The maximum Gasteiger partial charge on any atom is 0.318 e. The Morgan fingerprint density at radius 3 is 2.64 bits per heavy atom. The lowest BCUT2D eigenvalue weighted by molar-refractivity contribution is 0.145. The Labute approximate surface area is 174 Å². The van der Waals surface area contributed by atoms with E-state index in [1.54, 1.807) is 42.7 Å². The fourth-order valence-electron chi connectivity index (χ4n) is 3.30. The minimum absolute atomic E-state index is 0.196. The van der Waals surface area contributed by atoms with Crippen molar-refractivity contribution in [2.75, 3.05) is 27.2 Å². The van der Waals surface area contributed by atoms with E-state index in [4.69, 9.17) is 28.9 Å². The fraction of sp³-hybridized carbons (Fsp3) is 0.421. The van der Waals surface area contributed by atoms with E-state index in [0.717, 1.165) is 25.9 Å². The van der Waals surface area contributed by atoms with Crippen LogP contribution in [-0.2, 0) is 0 Å². The highest BCUT2D eigenvalue weighted by Gasteiger charge is 2.26. The largest absolute Gasteiger partial charge is 0.325 e. The number of hydrogen-bond acceptors (Lipinski definition) is 5. The number of carbonyl (C=O) groups excluding carboxylic acids is 1. The number of halogens is 2. The van der Waals surface area contributed by atoms with Crippen LogP contribution in [0, 0.1) is 0 Å². The number of piperidine rings is 1. The smallest absolute Gasteiger partial charge is 0.318 e. The van der Waals surface area contributed by atoms with Crippen molar-refractivity contribution in [3.8, 4) is 11.3 Å². The molecule has 9 heteroatoms. The van der Waals surface area contributed by atoms with Gasteiger partial charge in [-0.25, -0.2) is 4.79 Å². The number of amides is 2. The molecule has 1 fully saturated rings. The molecule has 0 unspecified atom stereocenters. The van der Waals surface area contributed by atoms with Crippen molar-refractivity contribution >= 4 is 29.2 Å². The molecule has 3 N–H and O–H groups in total. The molecule has 28 heavy (non-hydrogen) atoms. The highest BCUT2D eigenvalue weighted by molar-refractivity contribution is 6.44. The van der Waals surface area contributed by atoms with Crippen molar-refractivity contribution in [3.63, 3.8) is 0 Å². The molecule has 0 bridgehead atoms. The first kappa shape index (κ1) is 20.8. The summed E-state index contributed by atoms with van der Waals surface area (Å²) in [7, 11) is 3.88. The van der Waals surface area contributed by atoms with Gasteiger partial charge in [-0.1, -0.05) is 35.3 Å². The molecular formula is C19H24Cl2N6O. The van der Waals surface area contributed by atoms with Crippen LogP contribution < -0.4 is 11.1 Å². The molecule has 1 saturated heterocycles. The SMILES string of the molecule is CN1CCC(N(C)C(=O)N[C@H](N)c2ccc(-c3cnccn3)c(Cl)c2Cl)CC1. The highest BCUT2D eigenvalue weighted by atomic mass is 35.5. The lowest BCUT2D eigenvalue weighted by Crippen LogP contribution is -2.50. The molecule has 1 aliphatic rings. The first-order valence-electron chi connectivity index (χ1n) is 9.10. The number of benzene rings is 1. The average Bonchev–Trinajstić information content (AvgIpc) is 2.70. The normalized spacial score (nSPS) is 16.6. The van der Waals surface area contributed by atoms with Crippen LogP contribution in [-0.4, -0.2) is 59.0 Å². The van der Waals surface area contributed by atoms with E-state index in [1.165, 1.54) is 0 Å². The predicted octanol–water partition coefficient (Wildman–Crippen LogP) is 3.14. The number of nitrogens with two attached hydrogens (primary N) is 1. The van der Waals surface area contributed by atoms with Crippen LogP contribution >= 0.6 is 23.2 Å². The second-order valence-corrected chi connectivity index (χ2v) is 7.75. The number of urea groups is 1. The summed E-state index contributed by atoms with van der Waals surface area (Å²) in [4.78, 5) is 24.9. The van der Waals surface area contributed by atoms with Gasteiger partial charge in [0.1, 0.15) is 6.17 Å². The highest BCUT2D eigenvalue weighted by Crippen LogP contribution is 2.36. The van der Waals surface area contributed by atoms with Crippen LogP contribution in [0.1, 0.15) is 24.6 Å². The van der Waals surface area contributed by atoms with Gasteiger partial charge in [-0.15, -0.1) is 0 Å². The summed E-state index contributed by atoms with van der Waals surface area (Å²) in [6.07, 6.45) is 5.87. The number of hydrogen-bond donors (Lipinski definition) is 2. The van der Waals surface area contributed by atoms with Crippen molar-refractivity contribution in [2.24, 2.45) is 5.73 Å². The molecule has 1 aromatic heterocycles. The molecule has 2 amide bonds. The van der Waals surface area contributed by atoms with Crippen LogP contribution in [0.25, 0.3) is 11.3 Å². The lowest BCUT2D eigenvalue weighted by Gasteiger charge is -2.35. The monoisotopic (exact) mass is 422 g/mol. The van der Waals surface area contributed by atoms with Gasteiger partial charge < -0.3 is 20.9 Å². The van der Waals surface area contributed by atoms with Gasteiger partial charge in [0.05, 0.1) is 21.9 Å². The fourth-order valence-corrected chi connectivity index (χ4v) is 3.85. The summed E-state index contributed by atoms with van der Waals surface area (Å²) in [6, 6.07) is 3.49. The maximum atomic E-state index is 12.6. The van der Waals surface area contributed by atoms with E-state index in [1.807, 2.05) is 0 Å². The van der Waals surface area contributed by atoms with Crippen molar-refractivity contribution in [2.45, 2.75) is 25.0 Å². The Balaban J connectivity index is 1.71. The molecule has 0 radical (unpaired) electrons. The zero-order valence-corrected chi connectivity index (χ0v) is 17.4. The number of likely N-dealkylation sites (tertiary alicyclic amines) is 1. The molecule has 7 nitrogen and oxygen atoms in total. The molecule has 2 heterocycles. The van der Waals surface area contributed by atoms with E-state index in [0.29, 0.717) is 26.9 Å². The minimum atomic E-state index is -0.776. The van der Waals surface area contributed by atoms with Gasteiger partial charge in [-0.05, 0) is 33.0 Å². The standard InChI is InChI=1S/C19H24Cl2N6O/c1-26-9-5-12(6-10-26)27(2)19(28)25-18(22)14-4-3-13(16(20)17(14)21)15-11-23-7-8-24-15/h3-4,7-8,11-12,18H,5-6,9-10,22H2,1-2H3,(H,25,28)/t18-/m0/s1. The molecular weight excluding hydrogens is 399 g/mol. The third-order valence-electron chi connectivity index (χ3n) is 5.12. The van der Waals surface area contributed by atoms with Gasteiger partial charge in [-0.3, -0.25) is 9.97 Å². The third kappa shape index (κ3) is 4.55. The van der Waals surface area contributed by atoms with Gasteiger partial charge in [0.2, 0.25) is 0 Å². The van der Waals surface area contributed by atoms with Crippen LogP contribution in [0.2, 0.25) is 10.0 Å². The van der Waals surface area contributed by atoms with E-state index in [2.05, 4.69) is 27.2 Å².